The Hall–Kier alpha value is -2.49. The highest BCUT2D eigenvalue weighted by Crippen LogP contribution is 2.28. The first-order valence-electron chi connectivity index (χ1n) is 6.71. The van der Waals surface area contributed by atoms with Crippen LogP contribution in [0.3, 0.4) is 0 Å². The first-order chi connectivity index (χ1) is 10.2. The molecular formula is C17H14F2N2. The van der Waals surface area contributed by atoms with Crippen LogP contribution in [0.1, 0.15) is 18.5 Å². The van der Waals surface area contributed by atoms with Gasteiger partial charge >= 0.3 is 0 Å². The molecule has 0 amide bonds. The van der Waals surface area contributed by atoms with Crippen LogP contribution >= 0.6 is 0 Å². The van der Waals surface area contributed by atoms with E-state index in [-0.39, 0.29) is 5.56 Å². The number of aromatic nitrogens is 1. The second-order valence-corrected chi connectivity index (χ2v) is 4.88. The molecule has 0 bridgehead atoms. The van der Waals surface area contributed by atoms with Crippen molar-refractivity contribution in [2.75, 3.05) is 5.32 Å². The Bertz CT molecular complexity index is 761. The molecule has 0 aliphatic heterocycles. The summed E-state index contributed by atoms with van der Waals surface area (Å²) in [6.07, 6.45) is 1.71. The quantitative estimate of drug-likeness (QED) is 0.755. The fraction of sp³-hybridized carbons (Fsp3) is 0.118. The van der Waals surface area contributed by atoms with E-state index in [9.17, 15) is 8.78 Å². The van der Waals surface area contributed by atoms with Crippen molar-refractivity contribution in [3.05, 3.63) is 71.9 Å². The smallest absolute Gasteiger partial charge is 0.131 e. The van der Waals surface area contributed by atoms with Crippen molar-refractivity contribution in [2.45, 2.75) is 13.0 Å². The molecule has 1 unspecified atom stereocenters. The molecule has 0 saturated heterocycles. The predicted molar refractivity (Wildman–Crippen MR) is 80.1 cm³/mol. The van der Waals surface area contributed by atoms with E-state index in [1.807, 2.05) is 30.3 Å². The Labute approximate surface area is 121 Å². The molecule has 4 heteroatoms. The SMILES string of the molecule is CC(Nc1cccc2ncccc12)c1c(F)cccc1F. The van der Waals surface area contributed by atoms with E-state index in [0.29, 0.717) is 0 Å². The van der Waals surface area contributed by atoms with Crippen LogP contribution in [0.5, 0.6) is 0 Å². The zero-order valence-corrected chi connectivity index (χ0v) is 11.5. The van der Waals surface area contributed by atoms with Gasteiger partial charge in [0.15, 0.2) is 0 Å². The fourth-order valence-electron chi connectivity index (χ4n) is 2.46. The van der Waals surface area contributed by atoms with E-state index < -0.39 is 17.7 Å². The summed E-state index contributed by atoms with van der Waals surface area (Å²) in [7, 11) is 0. The summed E-state index contributed by atoms with van der Waals surface area (Å²) >= 11 is 0. The monoisotopic (exact) mass is 284 g/mol. The Kier molecular flexibility index (Phi) is 3.52. The summed E-state index contributed by atoms with van der Waals surface area (Å²) in [6, 6.07) is 12.8. The van der Waals surface area contributed by atoms with Gasteiger partial charge in [-0.05, 0) is 43.3 Å². The number of pyridine rings is 1. The molecule has 2 nitrogen and oxygen atoms in total. The molecule has 21 heavy (non-hydrogen) atoms. The third-order valence-corrected chi connectivity index (χ3v) is 3.45. The summed E-state index contributed by atoms with van der Waals surface area (Å²) in [5.74, 6) is -1.10. The van der Waals surface area contributed by atoms with Crippen LogP contribution < -0.4 is 5.32 Å². The first kappa shape index (κ1) is 13.5. The average Bonchev–Trinajstić information content (AvgIpc) is 2.47. The number of hydrogen-bond acceptors (Lipinski definition) is 2. The molecular weight excluding hydrogens is 270 g/mol. The van der Waals surface area contributed by atoms with E-state index in [1.165, 1.54) is 18.2 Å². The van der Waals surface area contributed by atoms with Crippen molar-refractivity contribution < 1.29 is 8.78 Å². The number of hydrogen-bond donors (Lipinski definition) is 1. The summed E-state index contributed by atoms with van der Waals surface area (Å²) < 4.78 is 27.7. The molecule has 3 aromatic rings. The minimum Gasteiger partial charge on any atom is -0.378 e. The number of fused-ring (bicyclic) bond motifs is 1. The van der Waals surface area contributed by atoms with Crippen molar-refractivity contribution in [3.63, 3.8) is 0 Å². The lowest BCUT2D eigenvalue weighted by Crippen LogP contribution is -2.11. The highest BCUT2D eigenvalue weighted by atomic mass is 19.1. The summed E-state index contributed by atoms with van der Waals surface area (Å²) in [4.78, 5) is 4.27. The van der Waals surface area contributed by atoms with Gasteiger partial charge in [-0.25, -0.2) is 8.78 Å². The van der Waals surface area contributed by atoms with Gasteiger partial charge in [-0.1, -0.05) is 12.1 Å². The maximum Gasteiger partial charge on any atom is 0.131 e. The maximum atomic E-state index is 13.8. The van der Waals surface area contributed by atoms with Crippen LogP contribution in [-0.2, 0) is 0 Å². The van der Waals surface area contributed by atoms with Crippen LogP contribution in [0.15, 0.2) is 54.7 Å². The van der Waals surface area contributed by atoms with Gasteiger partial charge in [-0.2, -0.15) is 0 Å². The van der Waals surface area contributed by atoms with Gasteiger partial charge in [0.2, 0.25) is 0 Å². The van der Waals surface area contributed by atoms with E-state index in [0.717, 1.165) is 16.6 Å². The predicted octanol–water partition coefficient (Wildman–Crippen LogP) is 4.69. The van der Waals surface area contributed by atoms with Crippen LogP contribution in [0.25, 0.3) is 10.9 Å². The number of anilines is 1. The molecule has 106 valence electrons. The van der Waals surface area contributed by atoms with E-state index in [4.69, 9.17) is 0 Å². The van der Waals surface area contributed by atoms with Gasteiger partial charge in [0, 0.05) is 22.8 Å². The van der Waals surface area contributed by atoms with Gasteiger partial charge in [-0.3, -0.25) is 4.98 Å². The molecule has 1 aromatic heterocycles. The van der Waals surface area contributed by atoms with Gasteiger partial charge in [-0.15, -0.1) is 0 Å². The standard InChI is InChI=1S/C17H14F2N2/c1-11(17-13(18)6-2-7-14(17)19)21-16-9-3-8-15-12(16)5-4-10-20-15/h2-11,21H,1H3. The fourth-order valence-corrected chi connectivity index (χ4v) is 2.46. The lowest BCUT2D eigenvalue weighted by atomic mass is 10.1. The third-order valence-electron chi connectivity index (χ3n) is 3.45. The van der Waals surface area contributed by atoms with Gasteiger partial charge in [0.1, 0.15) is 11.6 Å². The van der Waals surface area contributed by atoms with E-state index in [1.54, 1.807) is 13.1 Å². The van der Waals surface area contributed by atoms with Crippen LogP contribution in [0, 0.1) is 11.6 Å². The molecule has 0 spiro atoms. The van der Waals surface area contributed by atoms with E-state index in [2.05, 4.69) is 10.3 Å². The first-order valence-corrected chi connectivity index (χ1v) is 6.71. The lowest BCUT2D eigenvalue weighted by Gasteiger charge is -2.18. The summed E-state index contributed by atoms with van der Waals surface area (Å²) in [5.41, 5.74) is 1.68. The number of halogens is 2. The van der Waals surface area contributed by atoms with Crippen LogP contribution in [0.2, 0.25) is 0 Å². The van der Waals surface area contributed by atoms with Crippen molar-refractivity contribution >= 4 is 16.6 Å². The van der Waals surface area contributed by atoms with Crippen molar-refractivity contribution in [1.29, 1.82) is 0 Å². The van der Waals surface area contributed by atoms with Crippen LogP contribution in [-0.4, -0.2) is 4.98 Å². The molecule has 1 heterocycles. The Morgan fingerprint density at radius 3 is 2.43 bits per heavy atom. The molecule has 0 saturated carbocycles. The number of nitrogens with zero attached hydrogens (tertiary/aromatic N) is 1. The second-order valence-electron chi connectivity index (χ2n) is 4.88. The topological polar surface area (TPSA) is 24.9 Å². The summed E-state index contributed by atoms with van der Waals surface area (Å²) in [5, 5.41) is 4.08. The normalized spacial score (nSPS) is 12.3. The third kappa shape index (κ3) is 2.57. The Balaban J connectivity index is 1.99. The van der Waals surface area contributed by atoms with Gasteiger partial charge < -0.3 is 5.32 Å². The van der Waals surface area contributed by atoms with Crippen molar-refractivity contribution in [3.8, 4) is 0 Å². The van der Waals surface area contributed by atoms with Gasteiger partial charge in [0.25, 0.3) is 0 Å². The number of nitrogens with one attached hydrogen (secondary N) is 1. The minimum absolute atomic E-state index is 0.0402. The highest BCUT2D eigenvalue weighted by molar-refractivity contribution is 5.91. The molecule has 1 atom stereocenters. The van der Waals surface area contributed by atoms with Crippen molar-refractivity contribution in [1.82, 2.24) is 4.98 Å². The van der Waals surface area contributed by atoms with Crippen LogP contribution in [0.4, 0.5) is 14.5 Å². The molecule has 2 aromatic carbocycles. The largest absolute Gasteiger partial charge is 0.378 e. The molecule has 0 fully saturated rings. The van der Waals surface area contributed by atoms with Gasteiger partial charge in [0.05, 0.1) is 11.6 Å². The zero-order valence-electron chi connectivity index (χ0n) is 11.5. The Morgan fingerprint density at radius 2 is 1.67 bits per heavy atom. The Morgan fingerprint density at radius 1 is 0.952 bits per heavy atom. The van der Waals surface area contributed by atoms with Crippen molar-refractivity contribution in [2.24, 2.45) is 0 Å². The van der Waals surface area contributed by atoms with E-state index >= 15 is 0 Å². The number of benzene rings is 2. The molecule has 0 radical (unpaired) electrons. The molecule has 3 rings (SSSR count). The number of rotatable bonds is 3. The summed E-state index contributed by atoms with van der Waals surface area (Å²) in [6.45, 7) is 1.73. The molecule has 1 N–H and O–H groups in total. The minimum atomic E-state index is -0.548. The maximum absolute atomic E-state index is 13.8. The highest BCUT2D eigenvalue weighted by Gasteiger charge is 2.16. The molecule has 0 aliphatic rings. The zero-order chi connectivity index (χ0) is 14.8. The lowest BCUT2D eigenvalue weighted by molar-refractivity contribution is 0.544. The average molecular weight is 284 g/mol. The second kappa shape index (κ2) is 5.48. The molecule has 0 aliphatic carbocycles.